The number of hydrogen-bond donors (Lipinski definition) is 1. The molecule has 4 aromatic rings. The van der Waals surface area contributed by atoms with Crippen LogP contribution in [0.5, 0.6) is 0 Å². The normalized spacial score (nSPS) is 11.8. The van der Waals surface area contributed by atoms with Crippen molar-refractivity contribution in [2.75, 3.05) is 5.75 Å². The van der Waals surface area contributed by atoms with Crippen LogP contribution < -0.4 is 5.56 Å². The Bertz CT molecular complexity index is 1310. The maximum Gasteiger partial charge on any atom is 0.266 e. The van der Waals surface area contributed by atoms with Crippen LogP contribution in [0.2, 0.25) is 0 Å². The second-order valence-electron chi connectivity index (χ2n) is 6.52. The first-order chi connectivity index (χ1) is 13.5. The van der Waals surface area contributed by atoms with Crippen molar-refractivity contribution in [1.82, 2.24) is 14.5 Å². The first kappa shape index (κ1) is 18.2. The van der Waals surface area contributed by atoms with E-state index in [9.17, 15) is 13.2 Å². The summed E-state index contributed by atoms with van der Waals surface area (Å²) in [6, 6.07) is 17.6. The van der Waals surface area contributed by atoms with Crippen LogP contribution in [0.25, 0.3) is 28.1 Å². The third-order valence-corrected chi connectivity index (χ3v) is 6.44. The van der Waals surface area contributed by atoms with Gasteiger partial charge in [-0.25, -0.2) is 13.4 Å². The molecule has 2 aromatic heterocycles. The lowest BCUT2D eigenvalue weighted by Crippen LogP contribution is -2.19. The fourth-order valence-corrected chi connectivity index (χ4v) is 4.51. The number of para-hydroxylation sites is 1. The summed E-state index contributed by atoms with van der Waals surface area (Å²) in [6.45, 7) is 1.83. The molecule has 0 aliphatic heterocycles. The molecule has 0 amide bonds. The number of fused-ring (bicyclic) bond motifs is 1. The Morgan fingerprint density at radius 3 is 2.57 bits per heavy atom. The van der Waals surface area contributed by atoms with Crippen molar-refractivity contribution >= 4 is 20.9 Å². The van der Waals surface area contributed by atoms with Gasteiger partial charge >= 0.3 is 0 Å². The maximum absolute atomic E-state index is 13.0. The lowest BCUT2D eigenvalue weighted by Gasteiger charge is -2.06. The fourth-order valence-electron chi connectivity index (χ4n) is 3.16. The zero-order valence-corrected chi connectivity index (χ0v) is 16.1. The van der Waals surface area contributed by atoms with Crippen molar-refractivity contribution in [3.8, 4) is 17.1 Å². The summed E-state index contributed by atoms with van der Waals surface area (Å²) in [4.78, 5) is 20.8. The van der Waals surface area contributed by atoms with Crippen LogP contribution in [-0.4, -0.2) is 28.7 Å². The molecule has 7 heteroatoms. The molecular weight excluding hydrogens is 374 g/mol. The van der Waals surface area contributed by atoms with E-state index in [0.29, 0.717) is 28.8 Å². The number of sulfone groups is 1. The lowest BCUT2D eigenvalue weighted by molar-refractivity contribution is 0.595. The Hall–Kier alpha value is -3.19. The van der Waals surface area contributed by atoms with Crippen molar-refractivity contribution in [3.63, 3.8) is 0 Å². The molecule has 0 bridgehead atoms. The number of benzene rings is 2. The quantitative estimate of drug-likeness (QED) is 0.562. The first-order valence-electron chi connectivity index (χ1n) is 8.99. The molecule has 2 aromatic carbocycles. The molecule has 0 aliphatic carbocycles. The summed E-state index contributed by atoms with van der Waals surface area (Å²) in [7, 11) is -3.32. The topological polar surface area (TPSA) is 84.8 Å². The van der Waals surface area contributed by atoms with Crippen LogP contribution in [-0.2, 0) is 9.84 Å². The third kappa shape index (κ3) is 3.25. The molecule has 0 saturated carbocycles. The van der Waals surface area contributed by atoms with E-state index in [0.717, 1.165) is 5.69 Å². The molecule has 0 unspecified atom stereocenters. The van der Waals surface area contributed by atoms with Gasteiger partial charge in [0.2, 0.25) is 0 Å². The van der Waals surface area contributed by atoms with E-state index in [1.807, 2.05) is 37.3 Å². The Balaban J connectivity index is 1.81. The molecule has 142 valence electrons. The lowest BCUT2D eigenvalue weighted by atomic mass is 10.2. The Labute approximate surface area is 162 Å². The van der Waals surface area contributed by atoms with Crippen LogP contribution in [0, 0.1) is 0 Å². The zero-order valence-electron chi connectivity index (χ0n) is 15.3. The number of rotatable bonds is 5. The number of pyridine rings is 1. The first-order valence-corrected chi connectivity index (χ1v) is 10.6. The van der Waals surface area contributed by atoms with Crippen molar-refractivity contribution in [2.24, 2.45) is 0 Å². The number of imidazole rings is 1. The van der Waals surface area contributed by atoms with Gasteiger partial charge in [0.05, 0.1) is 27.2 Å². The standard InChI is InChI=1S/C21H19N3O3S/c1-2-13-28(26,27)16-10-11-18-19(14-16)23-20(22-18)17-9-6-12-24(21(17)25)15-7-4-3-5-8-15/h3-12,14H,2,13H2,1H3,(H,22,23). The van der Waals surface area contributed by atoms with Gasteiger partial charge in [0, 0.05) is 11.9 Å². The van der Waals surface area contributed by atoms with Gasteiger partial charge in [-0.2, -0.15) is 0 Å². The van der Waals surface area contributed by atoms with Crippen LogP contribution in [0.3, 0.4) is 0 Å². The Morgan fingerprint density at radius 1 is 1.04 bits per heavy atom. The van der Waals surface area contributed by atoms with E-state index in [1.54, 1.807) is 41.1 Å². The van der Waals surface area contributed by atoms with Gasteiger partial charge in [-0.3, -0.25) is 9.36 Å². The SMILES string of the molecule is CCCS(=O)(=O)c1ccc2nc(-c3cccn(-c4ccccc4)c3=O)[nH]c2c1. The predicted octanol–water partition coefficient (Wildman–Crippen LogP) is 3.56. The molecule has 0 radical (unpaired) electrons. The van der Waals surface area contributed by atoms with Gasteiger partial charge in [0.15, 0.2) is 9.84 Å². The second kappa shape index (κ2) is 7.09. The van der Waals surface area contributed by atoms with Crippen molar-refractivity contribution in [2.45, 2.75) is 18.2 Å². The number of aromatic nitrogens is 3. The highest BCUT2D eigenvalue weighted by atomic mass is 32.2. The minimum Gasteiger partial charge on any atom is -0.338 e. The number of hydrogen-bond acceptors (Lipinski definition) is 4. The van der Waals surface area contributed by atoms with Crippen molar-refractivity contribution in [3.05, 3.63) is 77.2 Å². The molecule has 0 atom stereocenters. The number of H-pyrrole nitrogens is 1. The van der Waals surface area contributed by atoms with Gasteiger partial charge in [-0.05, 0) is 48.9 Å². The smallest absolute Gasteiger partial charge is 0.266 e. The van der Waals surface area contributed by atoms with Gasteiger partial charge < -0.3 is 4.98 Å². The van der Waals surface area contributed by atoms with E-state index >= 15 is 0 Å². The van der Waals surface area contributed by atoms with Crippen LogP contribution >= 0.6 is 0 Å². The molecule has 2 heterocycles. The second-order valence-corrected chi connectivity index (χ2v) is 8.62. The van der Waals surface area contributed by atoms with Crippen molar-refractivity contribution in [1.29, 1.82) is 0 Å². The molecule has 6 nitrogen and oxygen atoms in total. The average Bonchev–Trinajstić information content (AvgIpc) is 3.12. The molecule has 0 aliphatic rings. The van der Waals surface area contributed by atoms with Gasteiger partial charge in [-0.15, -0.1) is 0 Å². The van der Waals surface area contributed by atoms with Gasteiger partial charge in [0.1, 0.15) is 5.82 Å². The summed E-state index contributed by atoms with van der Waals surface area (Å²) >= 11 is 0. The number of nitrogens with zero attached hydrogens (tertiary/aromatic N) is 2. The Kier molecular flexibility index (Phi) is 4.60. The number of aromatic amines is 1. The zero-order chi connectivity index (χ0) is 19.7. The van der Waals surface area contributed by atoms with Crippen LogP contribution in [0.4, 0.5) is 0 Å². The molecule has 0 fully saturated rings. The third-order valence-electron chi connectivity index (χ3n) is 4.52. The average molecular weight is 393 g/mol. The van der Waals surface area contributed by atoms with E-state index in [1.165, 1.54) is 0 Å². The summed E-state index contributed by atoms with van der Waals surface area (Å²) in [5, 5.41) is 0. The van der Waals surface area contributed by atoms with Gasteiger partial charge in [0.25, 0.3) is 5.56 Å². The highest BCUT2D eigenvalue weighted by Gasteiger charge is 2.16. The van der Waals surface area contributed by atoms with Gasteiger partial charge in [-0.1, -0.05) is 25.1 Å². The predicted molar refractivity (Wildman–Crippen MR) is 109 cm³/mol. The highest BCUT2D eigenvalue weighted by molar-refractivity contribution is 7.91. The minimum absolute atomic E-state index is 0.0972. The fraction of sp³-hybridized carbons (Fsp3) is 0.143. The van der Waals surface area contributed by atoms with E-state index in [4.69, 9.17) is 0 Å². The van der Waals surface area contributed by atoms with E-state index in [-0.39, 0.29) is 16.2 Å². The largest absolute Gasteiger partial charge is 0.338 e. The van der Waals surface area contributed by atoms with Crippen LogP contribution in [0.15, 0.2) is 76.6 Å². The molecule has 4 rings (SSSR count). The Morgan fingerprint density at radius 2 is 1.82 bits per heavy atom. The minimum atomic E-state index is -3.32. The van der Waals surface area contributed by atoms with Crippen LogP contribution in [0.1, 0.15) is 13.3 Å². The van der Waals surface area contributed by atoms with E-state index in [2.05, 4.69) is 9.97 Å². The summed E-state index contributed by atoms with van der Waals surface area (Å²) in [5.41, 5.74) is 2.17. The summed E-state index contributed by atoms with van der Waals surface area (Å²) < 4.78 is 26.2. The summed E-state index contributed by atoms with van der Waals surface area (Å²) in [6.07, 6.45) is 2.26. The molecular formula is C21H19N3O3S. The molecule has 0 saturated heterocycles. The van der Waals surface area contributed by atoms with Crippen molar-refractivity contribution < 1.29 is 8.42 Å². The highest BCUT2D eigenvalue weighted by Crippen LogP contribution is 2.22. The van der Waals surface area contributed by atoms with E-state index < -0.39 is 9.84 Å². The molecule has 0 spiro atoms. The monoisotopic (exact) mass is 393 g/mol. The molecule has 28 heavy (non-hydrogen) atoms. The maximum atomic E-state index is 13.0. The molecule has 1 N–H and O–H groups in total. The summed E-state index contributed by atoms with van der Waals surface area (Å²) in [5.74, 6) is 0.510. The number of nitrogens with one attached hydrogen (secondary N) is 1.